The molecule has 1 heterocycles. The van der Waals surface area contributed by atoms with E-state index in [1.54, 1.807) is 6.07 Å². The maximum atomic E-state index is 12.3. The molecule has 1 aromatic rings. The van der Waals surface area contributed by atoms with Crippen LogP contribution in [0.2, 0.25) is 5.02 Å². The van der Waals surface area contributed by atoms with Gasteiger partial charge in [-0.3, -0.25) is 0 Å². The standard InChI is InChI=1S/C9H11BrClF2N3/c10-6-3-7(11)9(15-4-6)16(2-1-14)5-8(12)13/h3-4,8H,1-2,5,14H2. The summed E-state index contributed by atoms with van der Waals surface area (Å²) in [4.78, 5) is 5.38. The molecule has 0 radical (unpaired) electrons. The normalized spacial score (nSPS) is 10.9. The Labute approximate surface area is 106 Å². The van der Waals surface area contributed by atoms with Gasteiger partial charge in [-0.25, -0.2) is 13.8 Å². The predicted molar refractivity (Wildman–Crippen MR) is 64.2 cm³/mol. The van der Waals surface area contributed by atoms with Crippen LogP contribution in [0.5, 0.6) is 0 Å². The molecule has 1 rings (SSSR count). The summed E-state index contributed by atoms with van der Waals surface area (Å²) in [5.41, 5.74) is 5.36. The molecule has 0 saturated carbocycles. The van der Waals surface area contributed by atoms with E-state index in [4.69, 9.17) is 17.3 Å². The van der Waals surface area contributed by atoms with Gasteiger partial charge < -0.3 is 10.6 Å². The largest absolute Gasteiger partial charge is 0.348 e. The minimum atomic E-state index is -2.45. The van der Waals surface area contributed by atoms with Gasteiger partial charge in [-0.1, -0.05) is 11.6 Å². The Morgan fingerprint density at radius 3 is 2.75 bits per heavy atom. The van der Waals surface area contributed by atoms with Gasteiger partial charge in [0.2, 0.25) is 0 Å². The Hall–Kier alpha value is -0.460. The highest BCUT2D eigenvalue weighted by atomic mass is 79.9. The summed E-state index contributed by atoms with van der Waals surface area (Å²) >= 11 is 9.12. The highest BCUT2D eigenvalue weighted by Crippen LogP contribution is 2.26. The second-order valence-electron chi connectivity index (χ2n) is 3.08. The second kappa shape index (κ2) is 6.32. The van der Waals surface area contributed by atoms with E-state index in [-0.39, 0.29) is 6.54 Å². The molecule has 1 aromatic heterocycles. The molecule has 3 nitrogen and oxygen atoms in total. The topological polar surface area (TPSA) is 42.1 Å². The van der Waals surface area contributed by atoms with Gasteiger partial charge in [0.15, 0.2) is 0 Å². The molecule has 16 heavy (non-hydrogen) atoms. The molecule has 2 N–H and O–H groups in total. The van der Waals surface area contributed by atoms with Crippen LogP contribution in [0.25, 0.3) is 0 Å². The molecule has 0 fully saturated rings. The molecule has 0 aliphatic rings. The zero-order valence-electron chi connectivity index (χ0n) is 8.34. The number of hydrogen-bond acceptors (Lipinski definition) is 3. The first-order valence-corrected chi connectivity index (χ1v) is 5.76. The number of hydrogen-bond donors (Lipinski definition) is 1. The van der Waals surface area contributed by atoms with E-state index < -0.39 is 13.0 Å². The van der Waals surface area contributed by atoms with Crippen LogP contribution >= 0.6 is 27.5 Å². The third-order valence-electron chi connectivity index (χ3n) is 1.85. The number of anilines is 1. The van der Waals surface area contributed by atoms with Gasteiger partial charge in [0, 0.05) is 23.8 Å². The number of pyridine rings is 1. The molecular weight excluding hydrogens is 303 g/mol. The number of alkyl halides is 2. The number of aromatic nitrogens is 1. The third-order valence-corrected chi connectivity index (χ3v) is 2.56. The van der Waals surface area contributed by atoms with Gasteiger partial charge in [-0.05, 0) is 22.0 Å². The van der Waals surface area contributed by atoms with Crippen LogP contribution in [0.15, 0.2) is 16.7 Å². The van der Waals surface area contributed by atoms with Crippen molar-refractivity contribution in [3.05, 3.63) is 21.8 Å². The van der Waals surface area contributed by atoms with Crippen LogP contribution in [0, 0.1) is 0 Å². The first-order valence-electron chi connectivity index (χ1n) is 4.58. The first-order chi connectivity index (χ1) is 7.54. The van der Waals surface area contributed by atoms with Crippen LogP contribution in [-0.4, -0.2) is 31.0 Å². The average molecular weight is 315 g/mol. The molecule has 0 aromatic carbocycles. The summed E-state index contributed by atoms with van der Waals surface area (Å²) in [6.07, 6.45) is -0.941. The summed E-state index contributed by atoms with van der Waals surface area (Å²) in [5, 5.41) is 0.323. The summed E-state index contributed by atoms with van der Waals surface area (Å²) in [6.45, 7) is 0.130. The summed E-state index contributed by atoms with van der Waals surface area (Å²) < 4.78 is 25.4. The van der Waals surface area contributed by atoms with Gasteiger partial charge in [0.25, 0.3) is 6.43 Å². The van der Waals surface area contributed by atoms with Crippen molar-refractivity contribution in [2.45, 2.75) is 6.43 Å². The fourth-order valence-electron chi connectivity index (χ4n) is 1.25. The molecule has 0 amide bonds. The lowest BCUT2D eigenvalue weighted by molar-refractivity contribution is 0.155. The summed E-state index contributed by atoms with van der Waals surface area (Å²) in [6, 6.07) is 1.61. The quantitative estimate of drug-likeness (QED) is 0.908. The summed E-state index contributed by atoms with van der Waals surface area (Å²) in [7, 11) is 0. The molecule has 0 atom stereocenters. The number of rotatable bonds is 5. The van der Waals surface area contributed by atoms with E-state index in [2.05, 4.69) is 20.9 Å². The molecule has 0 spiro atoms. The number of nitrogens with two attached hydrogens (primary N) is 1. The molecule has 0 saturated heterocycles. The predicted octanol–water partition coefficient (Wildman–Crippen LogP) is 2.53. The van der Waals surface area contributed by atoms with Gasteiger partial charge in [-0.15, -0.1) is 0 Å². The van der Waals surface area contributed by atoms with Crippen molar-refractivity contribution in [1.29, 1.82) is 0 Å². The molecule has 0 bridgehead atoms. The van der Waals surface area contributed by atoms with Crippen LogP contribution in [-0.2, 0) is 0 Å². The molecular formula is C9H11BrClF2N3. The van der Waals surface area contributed by atoms with Gasteiger partial charge in [0.1, 0.15) is 5.82 Å². The third kappa shape index (κ3) is 3.84. The van der Waals surface area contributed by atoms with Crippen molar-refractivity contribution in [1.82, 2.24) is 4.98 Å². The Balaban J connectivity index is 2.91. The number of nitrogens with zero attached hydrogens (tertiary/aromatic N) is 2. The van der Waals surface area contributed by atoms with E-state index in [1.807, 2.05) is 0 Å². The van der Waals surface area contributed by atoms with E-state index in [1.165, 1.54) is 11.1 Å². The minimum Gasteiger partial charge on any atom is -0.348 e. The van der Waals surface area contributed by atoms with Crippen molar-refractivity contribution in [3.63, 3.8) is 0 Å². The van der Waals surface area contributed by atoms with Crippen molar-refractivity contribution in [2.75, 3.05) is 24.5 Å². The lowest BCUT2D eigenvalue weighted by Gasteiger charge is -2.23. The van der Waals surface area contributed by atoms with Crippen molar-refractivity contribution >= 4 is 33.3 Å². The van der Waals surface area contributed by atoms with Crippen LogP contribution in [0.1, 0.15) is 0 Å². The Morgan fingerprint density at radius 2 is 2.25 bits per heavy atom. The maximum absolute atomic E-state index is 12.3. The van der Waals surface area contributed by atoms with E-state index in [0.29, 0.717) is 21.9 Å². The zero-order chi connectivity index (χ0) is 12.1. The second-order valence-corrected chi connectivity index (χ2v) is 4.41. The molecule has 0 aliphatic carbocycles. The van der Waals surface area contributed by atoms with E-state index in [0.717, 1.165) is 0 Å². The summed E-state index contributed by atoms with van der Waals surface area (Å²) in [5.74, 6) is 0.329. The molecule has 0 aliphatic heterocycles. The van der Waals surface area contributed by atoms with Crippen molar-refractivity contribution < 1.29 is 8.78 Å². The Kier molecular flexibility index (Phi) is 5.37. The van der Waals surface area contributed by atoms with Crippen LogP contribution in [0.3, 0.4) is 0 Å². The Bertz CT molecular complexity index is 352. The zero-order valence-corrected chi connectivity index (χ0v) is 10.7. The first kappa shape index (κ1) is 13.6. The van der Waals surface area contributed by atoms with Crippen molar-refractivity contribution in [2.24, 2.45) is 5.73 Å². The Morgan fingerprint density at radius 1 is 1.56 bits per heavy atom. The molecule has 0 unspecified atom stereocenters. The van der Waals surface area contributed by atoms with Crippen molar-refractivity contribution in [3.8, 4) is 0 Å². The molecule has 7 heteroatoms. The fourth-order valence-corrected chi connectivity index (χ4v) is 2.00. The van der Waals surface area contributed by atoms with Crippen LogP contribution in [0.4, 0.5) is 14.6 Å². The lowest BCUT2D eigenvalue weighted by Crippen LogP contribution is -2.34. The van der Waals surface area contributed by atoms with E-state index in [9.17, 15) is 8.78 Å². The van der Waals surface area contributed by atoms with Gasteiger partial charge >= 0.3 is 0 Å². The highest BCUT2D eigenvalue weighted by molar-refractivity contribution is 9.10. The highest BCUT2D eigenvalue weighted by Gasteiger charge is 2.16. The van der Waals surface area contributed by atoms with E-state index >= 15 is 0 Å². The van der Waals surface area contributed by atoms with Gasteiger partial charge in [0.05, 0.1) is 11.6 Å². The SMILES string of the molecule is NCCN(CC(F)F)c1ncc(Br)cc1Cl. The fraction of sp³-hybridized carbons (Fsp3) is 0.444. The van der Waals surface area contributed by atoms with Crippen LogP contribution < -0.4 is 10.6 Å². The minimum absolute atomic E-state index is 0.265. The monoisotopic (exact) mass is 313 g/mol. The average Bonchev–Trinajstić information content (AvgIpc) is 2.16. The molecule has 90 valence electrons. The lowest BCUT2D eigenvalue weighted by atomic mass is 10.4. The smallest absolute Gasteiger partial charge is 0.255 e. The maximum Gasteiger partial charge on any atom is 0.255 e. The van der Waals surface area contributed by atoms with Gasteiger partial charge in [-0.2, -0.15) is 0 Å². The number of halogens is 4.